The number of aryl methyl sites for hydroxylation is 3. The van der Waals surface area contributed by atoms with Crippen molar-refractivity contribution < 1.29 is 0 Å². The molecule has 0 aliphatic carbocycles. The van der Waals surface area contributed by atoms with E-state index < -0.39 is 0 Å². The minimum atomic E-state index is 0.978. The Morgan fingerprint density at radius 2 is 2.07 bits per heavy atom. The van der Waals surface area contributed by atoms with Crippen LogP contribution < -0.4 is 0 Å². The maximum atomic E-state index is 4.30. The van der Waals surface area contributed by atoms with Gasteiger partial charge in [0.25, 0.3) is 0 Å². The molecule has 0 saturated heterocycles. The fraction of sp³-hybridized carbons (Fsp3) is 0.231. The highest BCUT2D eigenvalue weighted by atomic mass is 14.7. The lowest BCUT2D eigenvalue weighted by atomic mass is 10.1. The van der Waals surface area contributed by atoms with Gasteiger partial charge in [-0.15, -0.1) is 0 Å². The summed E-state index contributed by atoms with van der Waals surface area (Å²) < 4.78 is 0. The van der Waals surface area contributed by atoms with Gasteiger partial charge in [-0.2, -0.15) is 0 Å². The lowest BCUT2D eigenvalue weighted by Gasteiger charge is -2.01. The number of pyridine rings is 2. The fourth-order valence-corrected chi connectivity index (χ4v) is 1.57. The summed E-state index contributed by atoms with van der Waals surface area (Å²) >= 11 is 0. The number of hydrogen-bond donors (Lipinski definition) is 0. The molecule has 15 heavy (non-hydrogen) atoms. The maximum Gasteiger partial charge on any atom is 0.0406 e. The molecule has 0 bridgehead atoms. The third-order valence-electron chi connectivity index (χ3n) is 2.33. The van der Waals surface area contributed by atoms with Crippen LogP contribution in [-0.4, -0.2) is 9.97 Å². The minimum absolute atomic E-state index is 0.978. The van der Waals surface area contributed by atoms with Crippen molar-refractivity contribution in [3.63, 3.8) is 0 Å². The highest BCUT2D eigenvalue weighted by molar-refractivity contribution is 5.18. The SMILES string of the molecule is Cc1cncc(CCc2ccccn2)c1. The Bertz CT molecular complexity index is 424. The van der Waals surface area contributed by atoms with Gasteiger partial charge >= 0.3 is 0 Å². The van der Waals surface area contributed by atoms with Crippen molar-refractivity contribution in [1.82, 2.24) is 9.97 Å². The number of nitrogens with zero attached hydrogens (tertiary/aromatic N) is 2. The van der Waals surface area contributed by atoms with E-state index >= 15 is 0 Å². The Morgan fingerprint density at radius 3 is 2.80 bits per heavy atom. The van der Waals surface area contributed by atoms with Gasteiger partial charge in [-0.05, 0) is 43.0 Å². The molecular formula is C13H14N2. The van der Waals surface area contributed by atoms with E-state index in [4.69, 9.17) is 0 Å². The predicted octanol–water partition coefficient (Wildman–Crippen LogP) is 2.57. The second-order valence-electron chi connectivity index (χ2n) is 3.69. The summed E-state index contributed by atoms with van der Waals surface area (Å²) in [5, 5.41) is 0. The quantitative estimate of drug-likeness (QED) is 0.757. The van der Waals surface area contributed by atoms with Crippen LogP contribution in [0.2, 0.25) is 0 Å². The normalized spacial score (nSPS) is 10.2. The summed E-state index contributed by atoms with van der Waals surface area (Å²) in [6, 6.07) is 8.20. The van der Waals surface area contributed by atoms with Crippen LogP contribution in [0.3, 0.4) is 0 Å². The third-order valence-corrected chi connectivity index (χ3v) is 2.33. The first-order valence-electron chi connectivity index (χ1n) is 5.15. The van der Waals surface area contributed by atoms with Crippen LogP contribution in [0.15, 0.2) is 42.9 Å². The van der Waals surface area contributed by atoms with Gasteiger partial charge in [0.15, 0.2) is 0 Å². The summed E-state index contributed by atoms with van der Waals surface area (Å²) in [5.74, 6) is 0. The Kier molecular flexibility index (Phi) is 3.08. The fourth-order valence-electron chi connectivity index (χ4n) is 1.57. The number of hydrogen-bond acceptors (Lipinski definition) is 2. The van der Waals surface area contributed by atoms with Crippen LogP contribution in [0.5, 0.6) is 0 Å². The average Bonchev–Trinajstić information content (AvgIpc) is 2.28. The molecule has 2 heterocycles. The molecule has 0 amide bonds. The van der Waals surface area contributed by atoms with Gasteiger partial charge in [0.1, 0.15) is 0 Å². The van der Waals surface area contributed by atoms with Gasteiger partial charge in [-0.3, -0.25) is 9.97 Å². The van der Waals surface area contributed by atoms with Gasteiger partial charge in [0, 0.05) is 24.3 Å². The van der Waals surface area contributed by atoms with Crippen LogP contribution in [-0.2, 0) is 12.8 Å². The summed E-state index contributed by atoms with van der Waals surface area (Å²) in [6.45, 7) is 2.07. The zero-order valence-electron chi connectivity index (χ0n) is 8.85. The van der Waals surface area contributed by atoms with E-state index in [1.165, 1.54) is 11.1 Å². The van der Waals surface area contributed by atoms with Crippen molar-refractivity contribution in [2.75, 3.05) is 0 Å². The molecule has 2 nitrogen and oxygen atoms in total. The Morgan fingerprint density at radius 1 is 1.13 bits per heavy atom. The molecule has 2 aromatic heterocycles. The van der Waals surface area contributed by atoms with Crippen molar-refractivity contribution >= 4 is 0 Å². The van der Waals surface area contributed by atoms with Gasteiger partial charge in [0.2, 0.25) is 0 Å². The molecule has 2 rings (SSSR count). The van der Waals surface area contributed by atoms with E-state index in [1.807, 2.05) is 30.7 Å². The van der Waals surface area contributed by atoms with E-state index in [9.17, 15) is 0 Å². The van der Waals surface area contributed by atoms with E-state index in [0.717, 1.165) is 18.5 Å². The van der Waals surface area contributed by atoms with Crippen molar-refractivity contribution in [1.29, 1.82) is 0 Å². The molecule has 0 fully saturated rings. The van der Waals surface area contributed by atoms with E-state index in [1.54, 1.807) is 0 Å². The highest BCUT2D eigenvalue weighted by Gasteiger charge is 1.96. The van der Waals surface area contributed by atoms with E-state index in [-0.39, 0.29) is 0 Å². The second kappa shape index (κ2) is 4.69. The van der Waals surface area contributed by atoms with Gasteiger partial charge in [-0.25, -0.2) is 0 Å². The van der Waals surface area contributed by atoms with E-state index in [2.05, 4.69) is 29.0 Å². The van der Waals surface area contributed by atoms with Gasteiger partial charge in [-0.1, -0.05) is 12.1 Å². The number of aromatic nitrogens is 2. The molecule has 2 heteroatoms. The van der Waals surface area contributed by atoms with E-state index in [0.29, 0.717) is 0 Å². The van der Waals surface area contributed by atoms with Crippen LogP contribution in [0.1, 0.15) is 16.8 Å². The zero-order chi connectivity index (χ0) is 10.5. The van der Waals surface area contributed by atoms with Crippen LogP contribution in [0.25, 0.3) is 0 Å². The monoisotopic (exact) mass is 198 g/mol. The van der Waals surface area contributed by atoms with Crippen LogP contribution in [0, 0.1) is 6.92 Å². The highest BCUT2D eigenvalue weighted by Crippen LogP contribution is 2.05. The maximum absolute atomic E-state index is 4.30. The largest absolute Gasteiger partial charge is 0.264 e. The first kappa shape index (κ1) is 9.84. The molecule has 76 valence electrons. The molecule has 0 atom stereocenters. The van der Waals surface area contributed by atoms with Crippen molar-refractivity contribution in [2.24, 2.45) is 0 Å². The Hall–Kier alpha value is -1.70. The molecule has 0 unspecified atom stereocenters. The van der Waals surface area contributed by atoms with Crippen molar-refractivity contribution in [3.8, 4) is 0 Å². The predicted molar refractivity (Wildman–Crippen MR) is 60.6 cm³/mol. The molecular weight excluding hydrogens is 184 g/mol. The van der Waals surface area contributed by atoms with Gasteiger partial charge in [0.05, 0.1) is 0 Å². The average molecular weight is 198 g/mol. The first-order chi connectivity index (χ1) is 7.34. The zero-order valence-corrected chi connectivity index (χ0v) is 8.85. The third kappa shape index (κ3) is 2.88. The Labute approximate surface area is 90.0 Å². The summed E-state index contributed by atoms with van der Waals surface area (Å²) in [4.78, 5) is 8.47. The second-order valence-corrected chi connectivity index (χ2v) is 3.69. The lowest BCUT2D eigenvalue weighted by Crippen LogP contribution is -1.94. The lowest BCUT2D eigenvalue weighted by molar-refractivity contribution is 0.905. The minimum Gasteiger partial charge on any atom is -0.264 e. The van der Waals surface area contributed by atoms with Gasteiger partial charge < -0.3 is 0 Å². The summed E-state index contributed by atoms with van der Waals surface area (Å²) in [6.07, 6.45) is 7.63. The molecule has 0 N–H and O–H groups in total. The molecule has 0 aliphatic heterocycles. The molecule has 0 saturated carbocycles. The summed E-state index contributed by atoms with van der Waals surface area (Å²) in [5.41, 5.74) is 3.63. The standard InChI is InChI=1S/C13H14N2/c1-11-8-12(10-14-9-11)5-6-13-4-2-3-7-15-13/h2-4,7-10H,5-6H2,1H3. The molecule has 0 aliphatic rings. The van der Waals surface area contributed by atoms with Crippen LogP contribution in [0.4, 0.5) is 0 Å². The molecule has 0 aromatic carbocycles. The molecule has 2 aromatic rings. The van der Waals surface area contributed by atoms with Crippen molar-refractivity contribution in [3.05, 3.63) is 59.7 Å². The molecule has 0 radical (unpaired) electrons. The van der Waals surface area contributed by atoms with Crippen LogP contribution >= 0.6 is 0 Å². The summed E-state index contributed by atoms with van der Waals surface area (Å²) in [7, 11) is 0. The first-order valence-corrected chi connectivity index (χ1v) is 5.15. The van der Waals surface area contributed by atoms with Crippen molar-refractivity contribution in [2.45, 2.75) is 19.8 Å². The smallest absolute Gasteiger partial charge is 0.0406 e. The number of rotatable bonds is 3. The topological polar surface area (TPSA) is 25.8 Å². The molecule has 0 spiro atoms. The Balaban J connectivity index is 1.99.